The second-order valence-electron chi connectivity index (χ2n) is 5.21. The minimum atomic E-state index is -4.45. The van der Waals surface area contributed by atoms with E-state index in [1.54, 1.807) is 19.2 Å². The number of anilines is 1. The van der Waals surface area contributed by atoms with Gasteiger partial charge in [-0.25, -0.2) is 4.98 Å². The van der Waals surface area contributed by atoms with Gasteiger partial charge in [0.25, 0.3) is 5.69 Å². The average Bonchev–Trinajstić information content (AvgIpc) is 3.11. The number of aromatic nitrogens is 1. The van der Waals surface area contributed by atoms with E-state index in [2.05, 4.69) is 25.9 Å². The molecule has 0 unspecified atom stereocenters. The third-order valence-corrected chi connectivity index (χ3v) is 4.15. The lowest BCUT2D eigenvalue weighted by Crippen LogP contribution is -2.39. The highest BCUT2D eigenvalue weighted by atomic mass is 127. The lowest BCUT2D eigenvalue weighted by Gasteiger charge is -2.12. The summed E-state index contributed by atoms with van der Waals surface area (Å²) in [4.78, 5) is 17.6. The number of non-ortho nitro benzene ring substituents is 1. The molecule has 0 amide bonds. The van der Waals surface area contributed by atoms with E-state index in [1.165, 1.54) is 12.1 Å². The number of nitrogens with one attached hydrogen (secondary N) is 3. The normalized spacial score (nSPS) is 11.5. The van der Waals surface area contributed by atoms with Crippen molar-refractivity contribution in [2.45, 2.75) is 12.7 Å². The molecular weight excluding hydrogens is 512 g/mol. The second-order valence-corrected chi connectivity index (χ2v) is 6.15. The molecule has 2 aromatic rings. The number of rotatable bonds is 7. The van der Waals surface area contributed by atoms with Crippen molar-refractivity contribution in [3.8, 4) is 0 Å². The lowest BCUT2D eigenvalue weighted by atomic mass is 10.3. The summed E-state index contributed by atoms with van der Waals surface area (Å²) in [6, 6.07) is 6.01. The van der Waals surface area contributed by atoms with Gasteiger partial charge in [0.1, 0.15) is 5.01 Å². The zero-order valence-electron chi connectivity index (χ0n) is 14.6. The number of hydrogen-bond donors (Lipinski definition) is 3. The molecule has 0 bridgehead atoms. The van der Waals surface area contributed by atoms with Crippen molar-refractivity contribution in [1.29, 1.82) is 0 Å². The van der Waals surface area contributed by atoms with Crippen LogP contribution in [0.15, 0.2) is 34.6 Å². The average molecular weight is 530 g/mol. The molecule has 1 heterocycles. The zero-order chi connectivity index (χ0) is 19.9. The van der Waals surface area contributed by atoms with E-state index in [9.17, 15) is 23.3 Å². The summed E-state index contributed by atoms with van der Waals surface area (Å²) in [5.74, 6) is 0.421. The van der Waals surface area contributed by atoms with Crippen LogP contribution in [0.3, 0.4) is 0 Å². The second kappa shape index (κ2) is 11.0. The Kier molecular flexibility index (Phi) is 9.37. The first-order valence-corrected chi connectivity index (χ1v) is 8.62. The Balaban J connectivity index is 0.00000392. The van der Waals surface area contributed by atoms with E-state index in [-0.39, 0.29) is 36.2 Å². The number of benzene rings is 1. The third-order valence-electron chi connectivity index (χ3n) is 3.30. The summed E-state index contributed by atoms with van der Waals surface area (Å²) in [7, 11) is 1.54. The van der Waals surface area contributed by atoms with Crippen LogP contribution in [-0.4, -0.2) is 36.0 Å². The van der Waals surface area contributed by atoms with E-state index < -0.39 is 16.8 Å². The predicted octanol–water partition coefficient (Wildman–Crippen LogP) is 3.47. The standard InChI is InChI=1S/C15H17F3N6O2S.HI/c1-19-14(22-8-13-23-12(9-27-13)15(16,17)18)21-7-6-20-10-2-4-11(5-3-10)24(25)26;/h2-5,9,20H,6-8H2,1H3,(H2,19,21,22);1H. The molecular formula is C15H18F3IN6O2S. The number of guanidine groups is 1. The fraction of sp³-hybridized carbons (Fsp3) is 0.333. The van der Waals surface area contributed by atoms with Crippen molar-refractivity contribution in [1.82, 2.24) is 15.6 Å². The van der Waals surface area contributed by atoms with Gasteiger partial charge in [-0.15, -0.1) is 35.3 Å². The van der Waals surface area contributed by atoms with Crippen LogP contribution in [0.4, 0.5) is 24.5 Å². The maximum atomic E-state index is 12.5. The van der Waals surface area contributed by atoms with Crippen molar-refractivity contribution < 1.29 is 18.1 Å². The van der Waals surface area contributed by atoms with Gasteiger partial charge in [-0.3, -0.25) is 15.1 Å². The predicted molar refractivity (Wildman–Crippen MR) is 112 cm³/mol. The maximum Gasteiger partial charge on any atom is 0.434 e. The molecule has 0 saturated heterocycles. The summed E-state index contributed by atoms with van der Waals surface area (Å²) in [5.41, 5.74) is -0.161. The molecule has 0 aliphatic heterocycles. The number of nitrogens with zero attached hydrogens (tertiary/aromatic N) is 3. The van der Waals surface area contributed by atoms with E-state index in [4.69, 9.17) is 0 Å². The van der Waals surface area contributed by atoms with Gasteiger partial charge in [-0.1, -0.05) is 0 Å². The van der Waals surface area contributed by atoms with Gasteiger partial charge in [0.15, 0.2) is 11.7 Å². The number of nitro groups is 1. The van der Waals surface area contributed by atoms with Crippen molar-refractivity contribution in [3.63, 3.8) is 0 Å². The minimum Gasteiger partial charge on any atom is -0.383 e. The number of hydrogen-bond acceptors (Lipinski definition) is 6. The van der Waals surface area contributed by atoms with Gasteiger partial charge in [-0.05, 0) is 12.1 Å². The number of aliphatic imine (C=N–C) groups is 1. The van der Waals surface area contributed by atoms with Gasteiger partial charge in [0.2, 0.25) is 0 Å². The van der Waals surface area contributed by atoms with E-state index in [0.717, 1.165) is 22.4 Å². The van der Waals surface area contributed by atoms with Crippen molar-refractivity contribution >= 4 is 52.6 Å². The molecule has 0 fully saturated rings. The van der Waals surface area contributed by atoms with E-state index in [0.29, 0.717) is 24.1 Å². The van der Waals surface area contributed by atoms with Crippen LogP contribution in [0.5, 0.6) is 0 Å². The Morgan fingerprint density at radius 1 is 1.25 bits per heavy atom. The Hall–Kier alpha value is -2.16. The Morgan fingerprint density at radius 2 is 1.93 bits per heavy atom. The largest absolute Gasteiger partial charge is 0.434 e. The maximum absolute atomic E-state index is 12.5. The quantitative estimate of drug-likeness (QED) is 0.127. The molecule has 0 aliphatic rings. The van der Waals surface area contributed by atoms with Gasteiger partial charge < -0.3 is 16.0 Å². The van der Waals surface area contributed by atoms with Crippen LogP contribution in [-0.2, 0) is 12.7 Å². The zero-order valence-corrected chi connectivity index (χ0v) is 17.8. The fourth-order valence-electron chi connectivity index (χ4n) is 1.99. The molecule has 3 N–H and O–H groups in total. The van der Waals surface area contributed by atoms with Gasteiger partial charge in [0, 0.05) is 43.3 Å². The molecule has 1 aromatic carbocycles. The molecule has 13 heteroatoms. The van der Waals surface area contributed by atoms with Crippen LogP contribution in [0.2, 0.25) is 0 Å². The molecule has 0 aliphatic carbocycles. The molecule has 1 aromatic heterocycles. The van der Waals surface area contributed by atoms with Crippen molar-refractivity contribution in [3.05, 3.63) is 50.5 Å². The van der Waals surface area contributed by atoms with Crippen molar-refractivity contribution in [2.75, 3.05) is 25.5 Å². The van der Waals surface area contributed by atoms with Crippen LogP contribution < -0.4 is 16.0 Å². The summed E-state index contributed by atoms with van der Waals surface area (Å²) < 4.78 is 37.6. The van der Waals surface area contributed by atoms with Crippen molar-refractivity contribution in [2.24, 2.45) is 4.99 Å². The highest BCUT2D eigenvalue weighted by Crippen LogP contribution is 2.29. The number of alkyl halides is 3. The summed E-state index contributed by atoms with van der Waals surface area (Å²) in [5, 5.41) is 20.8. The Morgan fingerprint density at radius 3 is 2.46 bits per heavy atom. The molecule has 2 rings (SSSR count). The van der Waals surface area contributed by atoms with Gasteiger partial charge in [0.05, 0.1) is 11.5 Å². The Labute approximate surface area is 179 Å². The minimum absolute atomic E-state index is 0. The summed E-state index contributed by atoms with van der Waals surface area (Å²) >= 11 is 0.921. The molecule has 0 radical (unpaired) electrons. The number of nitro benzene ring substituents is 1. The summed E-state index contributed by atoms with van der Waals surface area (Å²) in [6.07, 6.45) is -4.45. The highest BCUT2D eigenvalue weighted by Gasteiger charge is 2.33. The topological polar surface area (TPSA) is 104 Å². The number of thiazole rings is 1. The Bertz CT molecular complexity index is 798. The van der Waals surface area contributed by atoms with Crippen LogP contribution in [0, 0.1) is 10.1 Å². The van der Waals surface area contributed by atoms with Gasteiger partial charge in [-0.2, -0.15) is 13.2 Å². The smallest absolute Gasteiger partial charge is 0.383 e. The van der Waals surface area contributed by atoms with E-state index >= 15 is 0 Å². The van der Waals surface area contributed by atoms with Gasteiger partial charge >= 0.3 is 6.18 Å². The first-order valence-electron chi connectivity index (χ1n) is 7.74. The third kappa shape index (κ3) is 7.46. The van der Waals surface area contributed by atoms with Crippen LogP contribution in [0.25, 0.3) is 0 Å². The molecule has 8 nitrogen and oxygen atoms in total. The molecule has 154 valence electrons. The first kappa shape index (κ1) is 23.9. The highest BCUT2D eigenvalue weighted by molar-refractivity contribution is 14.0. The molecule has 28 heavy (non-hydrogen) atoms. The number of halogens is 4. The monoisotopic (exact) mass is 530 g/mol. The molecule has 0 atom stereocenters. The molecule has 0 spiro atoms. The fourth-order valence-corrected chi connectivity index (χ4v) is 2.73. The van der Waals surface area contributed by atoms with Crippen LogP contribution in [0.1, 0.15) is 10.7 Å². The SMILES string of the molecule is CN=C(NCCNc1ccc([N+](=O)[O-])cc1)NCc1nc(C(F)(F)F)cs1.I. The lowest BCUT2D eigenvalue weighted by molar-refractivity contribution is -0.384. The van der Waals surface area contributed by atoms with E-state index in [1.807, 2.05) is 0 Å². The molecule has 0 saturated carbocycles. The first-order chi connectivity index (χ1) is 12.8. The summed E-state index contributed by atoms with van der Waals surface area (Å²) in [6.45, 7) is 1.10. The van der Waals surface area contributed by atoms with Crippen LogP contribution >= 0.6 is 35.3 Å².